The summed E-state index contributed by atoms with van der Waals surface area (Å²) in [6.07, 6.45) is -4.40. The van der Waals surface area contributed by atoms with Gasteiger partial charge in [-0.05, 0) is 44.0 Å². The van der Waals surface area contributed by atoms with E-state index >= 15 is 0 Å². The highest BCUT2D eigenvalue weighted by Gasteiger charge is 2.30. The SMILES string of the molecule is CO/N=C(/C)c1cccc(C)c1CO/N=C(\C)c1cccc(C(F)(F)F)c1. The molecule has 0 unspecified atom stereocenters. The van der Waals surface area contributed by atoms with E-state index in [1.165, 1.54) is 13.2 Å². The van der Waals surface area contributed by atoms with Gasteiger partial charge in [0.25, 0.3) is 0 Å². The van der Waals surface area contributed by atoms with Gasteiger partial charge in [-0.15, -0.1) is 0 Å². The highest BCUT2D eigenvalue weighted by atomic mass is 19.4. The van der Waals surface area contributed by atoms with E-state index in [1.807, 2.05) is 32.0 Å². The second kappa shape index (κ2) is 8.70. The van der Waals surface area contributed by atoms with Crippen LogP contribution in [-0.2, 0) is 22.5 Å². The summed E-state index contributed by atoms with van der Waals surface area (Å²) >= 11 is 0. The zero-order valence-electron chi connectivity index (χ0n) is 15.6. The van der Waals surface area contributed by atoms with E-state index in [1.54, 1.807) is 13.0 Å². The van der Waals surface area contributed by atoms with Crippen LogP contribution in [0.5, 0.6) is 0 Å². The summed E-state index contributed by atoms with van der Waals surface area (Å²) in [4.78, 5) is 10.2. The first-order valence-electron chi connectivity index (χ1n) is 8.25. The van der Waals surface area contributed by atoms with Gasteiger partial charge in [0.05, 0.1) is 17.0 Å². The van der Waals surface area contributed by atoms with E-state index in [9.17, 15) is 13.2 Å². The fraction of sp³-hybridized carbons (Fsp3) is 0.300. The minimum absolute atomic E-state index is 0.162. The lowest BCUT2D eigenvalue weighted by Gasteiger charge is -2.12. The van der Waals surface area contributed by atoms with Gasteiger partial charge in [0, 0.05) is 11.1 Å². The number of halogens is 3. The number of aryl methyl sites for hydroxylation is 1. The molecule has 0 spiro atoms. The molecule has 0 N–H and O–H groups in total. The summed E-state index contributed by atoms with van der Waals surface area (Å²) in [5.74, 6) is 0. The maximum absolute atomic E-state index is 12.8. The minimum Gasteiger partial charge on any atom is -0.399 e. The Balaban J connectivity index is 2.20. The molecule has 4 nitrogen and oxygen atoms in total. The first-order valence-corrected chi connectivity index (χ1v) is 8.25. The van der Waals surface area contributed by atoms with E-state index in [-0.39, 0.29) is 6.61 Å². The second-order valence-electron chi connectivity index (χ2n) is 5.99. The molecule has 0 aliphatic rings. The van der Waals surface area contributed by atoms with E-state index in [4.69, 9.17) is 9.68 Å². The molecule has 0 radical (unpaired) electrons. The lowest BCUT2D eigenvalue weighted by molar-refractivity contribution is -0.137. The highest BCUT2D eigenvalue weighted by Crippen LogP contribution is 2.29. The van der Waals surface area contributed by atoms with Crippen LogP contribution in [0.3, 0.4) is 0 Å². The van der Waals surface area contributed by atoms with Gasteiger partial charge in [0.1, 0.15) is 13.7 Å². The molecular formula is C20H21F3N2O2. The molecule has 0 heterocycles. The maximum atomic E-state index is 12.8. The third-order valence-electron chi connectivity index (χ3n) is 4.05. The van der Waals surface area contributed by atoms with Crippen LogP contribution in [0.1, 0.15) is 41.7 Å². The molecule has 0 aromatic heterocycles. The molecule has 2 aromatic carbocycles. The summed E-state index contributed by atoms with van der Waals surface area (Å²) in [6, 6.07) is 10.7. The van der Waals surface area contributed by atoms with Crippen LogP contribution >= 0.6 is 0 Å². The lowest BCUT2D eigenvalue weighted by atomic mass is 10.00. The highest BCUT2D eigenvalue weighted by molar-refractivity contribution is 6.00. The largest absolute Gasteiger partial charge is 0.416 e. The van der Waals surface area contributed by atoms with Gasteiger partial charge >= 0.3 is 6.18 Å². The average Bonchev–Trinajstić information content (AvgIpc) is 2.62. The zero-order chi connectivity index (χ0) is 20.0. The first-order chi connectivity index (χ1) is 12.7. The number of hydrogen-bond donors (Lipinski definition) is 0. The van der Waals surface area contributed by atoms with Crippen molar-refractivity contribution < 1.29 is 22.8 Å². The van der Waals surface area contributed by atoms with Crippen molar-refractivity contribution in [3.63, 3.8) is 0 Å². The standard InChI is InChI=1S/C20H21F3N2O2/c1-13-7-5-10-18(15(3)24-26-4)19(13)12-27-25-14(2)16-8-6-9-17(11-16)20(21,22)23/h5-11H,12H2,1-4H3/b24-15-,25-14+. The predicted molar refractivity (Wildman–Crippen MR) is 98.8 cm³/mol. The van der Waals surface area contributed by atoms with Crippen LogP contribution in [0.15, 0.2) is 52.8 Å². The number of alkyl halides is 3. The molecular weight excluding hydrogens is 357 g/mol. The maximum Gasteiger partial charge on any atom is 0.416 e. The van der Waals surface area contributed by atoms with Crippen molar-refractivity contribution >= 4 is 11.4 Å². The Hall–Kier alpha value is -2.83. The monoisotopic (exact) mass is 378 g/mol. The van der Waals surface area contributed by atoms with E-state index in [0.29, 0.717) is 17.0 Å². The molecule has 144 valence electrons. The fourth-order valence-corrected chi connectivity index (χ4v) is 2.59. The van der Waals surface area contributed by atoms with Gasteiger partial charge in [-0.3, -0.25) is 0 Å². The van der Waals surface area contributed by atoms with E-state index in [2.05, 4.69) is 10.3 Å². The first kappa shape index (κ1) is 20.5. The van der Waals surface area contributed by atoms with Crippen LogP contribution in [-0.4, -0.2) is 18.5 Å². The number of hydrogen-bond acceptors (Lipinski definition) is 4. The molecule has 0 aliphatic carbocycles. The van der Waals surface area contributed by atoms with Gasteiger partial charge in [0.15, 0.2) is 0 Å². The normalized spacial score (nSPS) is 12.9. The Morgan fingerprint density at radius 2 is 1.70 bits per heavy atom. The fourth-order valence-electron chi connectivity index (χ4n) is 2.59. The molecule has 2 aromatic rings. The van der Waals surface area contributed by atoms with Crippen molar-refractivity contribution in [2.24, 2.45) is 10.3 Å². The summed E-state index contributed by atoms with van der Waals surface area (Å²) in [5, 5.41) is 7.92. The lowest BCUT2D eigenvalue weighted by Crippen LogP contribution is -2.07. The van der Waals surface area contributed by atoms with Crippen molar-refractivity contribution in [3.05, 3.63) is 70.3 Å². The Kier molecular flexibility index (Phi) is 6.60. The van der Waals surface area contributed by atoms with Gasteiger partial charge in [-0.1, -0.05) is 40.6 Å². The number of nitrogens with zero attached hydrogens (tertiary/aromatic N) is 2. The van der Waals surface area contributed by atoms with Gasteiger partial charge < -0.3 is 9.68 Å². The van der Waals surface area contributed by atoms with Crippen molar-refractivity contribution in [2.75, 3.05) is 7.11 Å². The van der Waals surface area contributed by atoms with Crippen molar-refractivity contribution in [2.45, 2.75) is 33.6 Å². The van der Waals surface area contributed by atoms with Crippen molar-refractivity contribution in [1.82, 2.24) is 0 Å². The molecule has 0 amide bonds. The molecule has 0 aliphatic heterocycles. The van der Waals surface area contributed by atoms with Crippen LogP contribution in [0.4, 0.5) is 13.2 Å². The van der Waals surface area contributed by atoms with Gasteiger partial charge in [-0.2, -0.15) is 13.2 Å². The third kappa shape index (κ3) is 5.32. The van der Waals surface area contributed by atoms with Gasteiger partial charge in [-0.25, -0.2) is 0 Å². The van der Waals surface area contributed by atoms with E-state index in [0.717, 1.165) is 28.8 Å². The Bertz CT molecular complexity index is 859. The Labute approximate surface area is 156 Å². The smallest absolute Gasteiger partial charge is 0.399 e. The molecule has 0 saturated heterocycles. The molecule has 0 bridgehead atoms. The van der Waals surface area contributed by atoms with Crippen LogP contribution < -0.4 is 0 Å². The third-order valence-corrected chi connectivity index (χ3v) is 4.05. The minimum atomic E-state index is -4.40. The number of rotatable bonds is 6. The molecule has 0 saturated carbocycles. The average molecular weight is 378 g/mol. The van der Waals surface area contributed by atoms with Crippen molar-refractivity contribution in [1.29, 1.82) is 0 Å². The molecule has 7 heteroatoms. The molecule has 27 heavy (non-hydrogen) atoms. The Morgan fingerprint density at radius 3 is 2.37 bits per heavy atom. The van der Waals surface area contributed by atoms with Crippen molar-refractivity contribution in [3.8, 4) is 0 Å². The molecule has 2 rings (SSSR count). The van der Waals surface area contributed by atoms with E-state index < -0.39 is 11.7 Å². The summed E-state index contributed by atoms with van der Waals surface area (Å²) in [6.45, 7) is 5.52. The van der Waals surface area contributed by atoms with Crippen LogP contribution in [0.2, 0.25) is 0 Å². The van der Waals surface area contributed by atoms with Crippen LogP contribution in [0, 0.1) is 6.92 Å². The number of benzene rings is 2. The Morgan fingerprint density at radius 1 is 1.00 bits per heavy atom. The summed E-state index contributed by atoms with van der Waals surface area (Å²) in [7, 11) is 1.47. The summed E-state index contributed by atoms with van der Waals surface area (Å²) < 4.78 is 38.5. The predicted octanol–water partition coefficient (Wildman–Crippen LogP) is 5.33. The number of oxime groups is 2. The van der Waals surface area contributed by atoms with Crippen LogP contribution in [0.25, 0.3) is 0 Å². The molecule has 0 atom stereocenters. The second-order valence-corrected chi connectivity index (χ2v) is 5.99. The quantitative estimate of drug-likeness (QED) is 0.504. The molecule has 0 fully saturated rings. The summed E-state index contributed by atoms with van der Waals surface area (Å²) in [5.41, 5.74) is 3.43. The van der Waals surface area contributed by atoms with Gasteiger partial charge in [0.2, 0.25) is 0 Å². The zero-order valence-corrected chi connectivity index (χ0v) is 15.6. The topological polar surface area (TPSA) is 43.2 Å².